The molecule has 1 aromatic heterocycles. The fourth-order valence-corrected chi connectivity index (χ4v) is 4.50. The normalized spacial score (nSPS) is 16.9. The Hall–Kier alpha value is -1.11. The molecule has 2 heterocycles. The minimum atomic E-state index is 0.441. The Labute approximate surface area is 133 Å². The van der Waals surface area contributed by atoms with Crippen LogP contribution in [0.4, 0.5) is 5.13 Å². The Bertz CT molecular complexity index is 555. The van der Waals surface area contributed by atoms with Gasteiger partial charge in [0.1, 0.15) is 0 Å². The van der Waals surface area contributed by atoms with E-state index in [1.54, 1.807) is 11.3 Å². The van der Waals surface area contributed by atoms with E-state index in [1.165, 1.54) is 5.56 Å². The summed E-state index contributed by atoms with van der Waals surface area (Å²) in [6.45, 7) is 5.60. The van der Waals surface area contributed by atoms with Gasteiger partial charge in [0, 0.05) is 18.3 Å². The Morgan fingerprint density at radius 3 is 2.71 bits per heavy atom. The lowest BCUT2D eigenvalue weighted by Crippen LogP contribution is -2.36. The average molecular weight is 321 g/mol. The van der Waals surface area contributed by atoms with Crippen LogP contribution in [0.3, 0.4) is 0 Å². The highest BCUT2D eigenvalue weighted by Crippen LogP contribution is 2.40. The van der Waals surface area contributed by atoms with Gasteiger partial charge in [0.2, 0.25) is 5.13 Å². The van der Waals surface area contributed by atoms with Crippen molar-refractivity contribution in [3.63, 3.8) is 0 Å². The number of anilines is 1. The van der Waals surface area contributed by atoms with Crippen molar-refractivity contribution in [2.45, 2.75) is 22.9 Å². The number of rotatable bonds is 5. The van der Waals surface area contributed by atoms with Crippen LogP contribution in [0.2, 0.25) is 0 Å². The third kappa shape index (κ3) is 3.75. The van der Waals surface area contributed by atoms with E-state index in [0.29, 0.717) is 5.25 Å². The van der Waals surface area contributed by atoms with Gasteiger partial charge in [-0.25, -0.2) is 0 Å². The lowest BCUT2D eigenvalue weighted by Gasteiger charge is -2.25. The van der Waals surface area contributed by atoms with Gasteiger partial charge < -0.3 is 9.64 Å². The topological polar surface area (TPSA) is 38.2 Å². The molecular formula is C15H19N3OS2. The van der Waals surface area contributed by atoms with Crippen molar-refractivity contribution in [2.24, 2.45) is 0 Å². The van der Waals surface area contributed by atoms with Crippen LogP contribution in [0.1, 0.15) is 24.2 Å². The quantitative estimate of drug-likeness (QED) is 0.786. The molecule has 0 radical (unpaired) electrons. The van der Waals surface area contributed by atoms with Gasteiger partial charge in [0.15, 0.2) is 4.34 Å². The maximum absolute atomic E-state index is 5.38. The van der Waals surface area contributed by atoms with Gasteiger partial charge in [-0.15, -0.1) is 10.2 Å². The van der Waals surface area contributed by atoms with Crippen LogP contribution in [0, 0.1) is 0 Å². The number of nitrogens with zero attached hydrogens (tertiary/aromatic N) is 3. The lowest BCUT2D eigenvalue weighted by atomic mass is 10.1. The summed E-state index contributed by atoms with van der Waals surface area (Å²) in [5.41, 5.74) is 1.35. The van der Waals surface area contributed by atoms with E-state index >= 15 is 0 Å². The number of ether oxygens (including phenoxy) is 1. The van der Waals surface area contributed by atoms with Crippen LogP contribution in [0.25, 0.3) is 0 Å². The smallest absolute Gasteiger partial charge is 0.209 e. The molecule has 0 saturated carbocycles. The molecule has 1 aliphatic heterocycles. The number of aromatic nitrogens is 2. The zero-order valence-electron chi connectivity index (χ0n) is 12.1. The highest BCUT2D eigenvalue weighted by atomic mass is 32.2. The fourth-order valence-electron chi connectivity index (χ4n) is 2.31. The number of morpholine rings is 1. The number of thioether (sulfide) groups is 1. The first-order chi connectivity index (χ1) is 10.4. The molecule has 0 bridgehead atoms. The summed E-state index contributed by atoms with van der Waals surface area (Å²) < 4.78 is 6.43. The molecular weight excluding hydrogens is 302 g/mol. The predicted octanol–water partition coefficient (Wildman–Crippen LogP) is 3.62. The van der Waals surface area contributed by atoms with E-state index in [2.05, 4.69) is 52.4 Å². The van der Waals surface area contributed by atoms with Crippen LogP contribution >= 0.6 is 23.1 Å². The second kappa shape index (κ2) is 7.24. The van der Waals surface area contributed by atoms with Crippen molar-refractivity contribution in [3.05, 3.63) is 35.9 Å². The Morgan fingerprint density at radius 1 is 1.24 bits per heavy atom. The summed E-state index contributed by atoms with van der Waals surface area (Å²) in [6, 6.07) is 10.6. The molecule has 1 atom stereocenters. The van der Waals surface area contributed by atoms with Gasteiger partial charge in [-0.05, 0) is 12.0 Å². The van der Waals surface area contributed by atoms with E-state index in [-0.39, 0.29) is 0 Å². The van der Waals surface area contributed by atoms with Crippen molar-refractivity contribution >= 4 is 28.2 Å². The van der Waals surface area contributed by atoms with Crippen LogP contribution < -0.4 is 4.90 Å². The SMILES string of the molecule is CCC(Sc1nnc(N2CCOCC2)s1)c1ccccc1. The van der Waals surface area contributed by atoms with Crippen molar-refractivity contribution in [3.8, 4) is 0 Å². The first kappa shape index (κ1) is 14.8. The Balaban J connectivity index is 1.68. The van der Waals surface area contributed by atoms with Gasteiger partial charge in [-0.2, -0.15) is 0 Å². The van der Waals surface area contributed by atoms with Crippen molar-refractivity contribution in [1.82, 2.24) is 10.2 Å². The molecule has 2 aromatic rings. The zero-order chi connectivity index (χ0) is 14.5. The standard InChI is InChI=1S/C15H19N3OS2/c1-2-13(12-6-4-3-5-7-12)20-15-17-16-14(21-15)18-8-10-19-11-9-18/h3-7,13H,2,8-11H2,1H3. The van der Waals surface area contributed by atoms with Gasteiger partial charge >= 0.3 is 0 Å². The molecule has 6 heteroatoms. The number of benzene rings is 1. The molecule has 0 spiro atoms. The summed E-state index contributed by atoms with van der Waals surface area (Å²) in [5, 5.41) is 10.2. The molecule has 1 fully saturated rings. The molecule has 1 unspecified atom stereocenters. The van der Waals surface area contributed by atoms with Crippen LogP contribution in [0.5, 0.6) is 0 Å². The number of hydrogen-bond acceptors (Lipinski definition) is 6. The average Bonchev–Trinajstić information content (AvgIpc) is 3.03. The zero-order valence-corrected chi connectivity index (χ0v) is 13.7. The molecule has 1 aliphatic rings. The molecule has 0 amide bonds. The third-order valence-corrected chi connectivity index (χ3v) is 5.95. The number of hydrogen-bond donors (Lipinski definition) is 0. The third-order valence-electron chi connectivity index (χ3n) is 3.46. The summed E-state index contributed by atoms with van der Waals surface area (Å²) in [6.07, 6.45) is 1.08. The monoisotopic (exact) mass is 321 g/mol. The highest BCUT2D eigenvalue weighted by Gasteiger charge is 2.18. The fraction of sp³-hybridized carbons (Fsp3) is 0.467. The molecule has 1 saturated heterocycles. The Morgan fingerprint density at radius 2 is 2.00 bits per heavy atom. The van der Waals surface area contributed by atoms with Gasteiger partial charge in [-0.3, -0.25) is 0 Å². The summed E-state index contributed by atoms with van der Waals surface area (Å²) in [5.74, 6) is 0. The minimum absolute atomic E-state index is 0.441. The van der Waals surface area contributed by atoms with E-state index in [0.717, 1.165) is 42.2 Å². The minimum Gasteiger partial charge on any atom is -0.378 e. The second-order valence-corrected chi connectivity index (χ2v) is 7.28. The summed E-state index contributed by atoms with van der Waals surface area (Å²) in [4.78, 5) is 2.26. The van der Waals surface area contributed by atoms with Crippen molar-refractivity contribution in [2.75, 3.05) is 31.2 Å². The molecule has 1 aromatic carbocycles. The molecule has 3 rings (SSSR count). The molecule has 0 N–H and O–H groups in total. The van der Waals surface area contributed by atoms with Gasteiger partial charge in [0.05, 0.1) is 13.2 Å². The summed E-state index contributed by atoms with van der Waals surface area (Å²) in [7, 11) is 0. The van der Waals surface area contributed by atoms with Crippen molar-refractivity contribution < 1.29 is 4.74 Å². The van der Waals surface area contributed by atoms with Crippen LogP contribution in [0.15, 0.2) is 34.7 Å². The lowest BCUT2D eigenvalue weighted by molar-refractivity contribution is 0.122. The maximum Gasteiger partial charge on any atom is 0.209 e. The van der Waals surface area contributed by atoms with Gasteiger partial charge in [0.25, 0.3) is 0 Å². The van der Waals surface area contributed by atoms with E-state index in [4.69, 9.17) is 4.74 Å². The first-order valence-electron chi connectivity index (χ1n) is 7.24. The second-order valence-electron chi connectivity index (χ2n) is 4.88. The van der Waals surface area contributed by atoms with Crippen LogP contribution in [-0.2, 0) is 4.74 Å². The predicted molar refractivity (Wildman–Crippen MR) is 88.3 cm³/mol. The molecule has 112 valence electrons. The Kier molecular flexibility index (Phi) is 5.11. The largest absolute Gasteiger partial charge is 0.378 e. The van der Waals surface area contributed by atoms with E-state index in [9.17, 15) is 0 Å². The maximum atomic E-state index is 5.38. The molecule has 0 aliphatic carbocycles. The molecule has 21 heavy (non-hydrogen) atoms. The summed E-state index contributed by atoms with van der Waals surface area (Å²) >= 11 is 3.50. The molecule has 4 nitrogen and oxygen atoms in total. The van der Waals surface area contributed by atoms with Crippen LogP contribution in [-0.4, -0.2) is 36.5 Å². The van der Waals surface area contributed by atoms with Crippen molar-refractivity contribution in [1.29, 1.82) is 0 Å². The highest BCUT2D eigenvalue weighted by molar-refractivity contribution is 8.01. The first-order valence-corrected chi connectivity index (χ1v) is 8.94. The van der Waals surface area contributed by atoms with E-state index in [1.807, 2.05) is 11.8 Å². The van der Waals surface area contributed by atoms with E-state index < -0.39 is 0 Å². The van der Waals surface area contributed by atoms with Gasteiger partial charge in [-0.1, -0.05) is 60.4 Å².